The summed E-state index contributed by atoms with van der Waals surface area (Å²) in [6.07, 6.45) is 1.62. The number of nitrogens with two attached hydrogens (primary N) is 1. The molecular weight excluding hydrogens is 407 g/mol. The Balaban J connectivity index is 2.37. The zero-order chi connectivity index (χ0) is 13.3. The highest BCUT2D eigenvalue weighted by Crippen LogP contribution is 2.36. The van der Waals surface area contributed by atoms with Crippen molar-refractivity contribution in [2.75, 3.05) is 5.73 Å². The lowest BCUT2D eigenvalue weighted by Crippen LogP contribution is -1.94. The Kier molecular flexibility index (Phi) is 4.37. The number of ether oxygens (including phenoxy) is 1. The van der Waals surface area contributed by atoms with Crippen LogP contribution in [-0.4, -0.2) is 4.98 Å². The van der Waals surface area contributed by atoms with Crippen molar-refractivity contribution in [1.82, 2.24) is 4.98 Å². The third-order valence-electron chi connectivity index (χ3n) is 2.03. The predicted molar refractivity (Wildman–Crippen MR) is 80.6 cm³/mol. The van der Waals surface area contributed by atoms with Crippen LogP contribution >= 0.6 is 55.1 Å². The summed E-state index contributed by atoms with van der Waals surface area (Å²) in [6, 6.07) is 4.90. The summed E-state index contributed by atoms with van der Waals surface area (Å²) in [7, 11) is 0. The average molecular weight is 413 g/mol. The molecule has 0 spiro atoms. The van der Waals surface area contributed by atoms with Gasteiger partial charge in [0.15, 0.2) is 5.75 Å². The molecule has 0 radical (unpaired) electrons. The zero-order valence-electron chi connectivity index (χ0n) is 8.75. The van der Waals surface area contributed by atoms with Crippen molar-refractivity contribution in [3.63, 3.8) is 0 Å². The smallest absolute Gasteiger partial charge is 0.233 e. The molecule has 1 heterocycles. The van der Waals surface area contributed by atoms with Crippen molar-refractivity contribution in [3.05, 3.63) is 43.4 Å². The third-order valence-corrected chi connectivity index (χ3v) is 3.76. The minimum absolute atomic E-state index is 0.370. The predicted octanol–water partition coefficient (Wildman–Crippen LogP) is 5.29. The summed E-state index contributed by atoms with van der Waals surface area (Å²) in [4.78, 5) is 4.12. The monoisotopic (exact) mass is 410 g/mol. The molecule has 1 aromatic heterocycles. The SMILES string of the molecule is Nc1cc(Cl)c(Cl)cc1Oc1ncc(Br)cc1Br. The molecule has 0 bridgehead atoms. The summed E-state index contributed by atoms with van der Waals surface area (Å²) in [5.41, 5.74) is 6.19. The van der Waals surface area contributed by atoms with Crippen molar-refractivity contribution >= 4 is 60.7 Å². The van der Waals surface area contributed by atoms with Crippen LogP contribution in [0, 0.1) is 0 Å². The highest BCUT2D eigenvalue weighted by molar-refractivity contribution is 9.11. The second kappa shape index (κ2) is 5.65. The van der Waals surface area contributed by atoms with Crippen LogP contribution in [0.3, 0.4) is 0 Å². The lowest BCUT2D eigenvalue weighted by atomic mass is 10.3. The summed E-state index contributed by atoms with van der Waals surface area (Å²) in [6.45, 7) is 0. The molecule has 0 fully saturated rings. The van der Waals surface area contributed by atoms with Crippen molar-refractivity contribution in [2.24, 2.45) is 0 Å². The van der Waals surface area contributed by atoms with Gasteiger partial charge in [-0.3, -0.25) is 0 Å². The van der Waals surface area contributed by atoms with Crippen LogP contribution in [0.15, 0.2) is 33.3 Å². The molecule has 7 heteroatoms. The van der Waals surface area contributed by atoms with Gasteiger partial charge in [-0.1, -0.05) is 23.2 Å². The van der Waals surface area contributed by atoms with Crippen LogP contribution in [-0.2, 0) is 0 Å². The summed E-state index contributed by atoms with van der Waals surface area (Å²) < 4.78 is 7.12. The van der Waals surface area contributed by atoms with E-state index in [0.717, 1.165) is 4.47 Å². The van der Waals surface area contributed by atoms with Gasteiger partial charge in [-0.2, -0.15) is 0 Å². The molecule has 0 saturated carbocycles. The maximum atomic E-state index is 5.91. The van der Waals surface area contributed by atoms with Gasteiger partial charge in [-0.25, -0.2) is 4.98 Å². The van der Waals surface area contributed by atoms with Gasteiger partial charge in [0, 0.05) is 16.7 Å². The first-order valence-electron chi connectivity index (χ1n) is 4.71. The van der Waals surface area contributed by atoms with Gasteiger partial charge >= 0.3 is 0 Å². The first-order valence-corrected chi connectivity index (χ1v) is 7.05. The van der Waals surface area contributed by atoms with E-state index in [2.05, 4.69) is 36.8 Å². The number of anilines is 1. The van der Waals surface area contributed by atoms with Gasteiger partial charge in [0.1, 0.15) is 0 Å². The Bertz CT molecular complexity index is 608. The van der Waals surface area contributed by atoms with Gasteiger partial charge < -0.3 is 10.5 Å². The van der Waals surface area contributed by atoms with Gasteiger partial charge in [0.2, 0.25) is 5.88 Å². The number of benzene rings is 1. The number of pyridine rings is 1. The Hall–Kier alpha value is -0.490. The molecule has 0 unspecified atom stereocenters. The number of nitrogen functional groups attached to an aromatic ring is 1. The fourth-order valence-corrected chi connectivity index (χ4v) is 2.61. The van der Waals surface area contributed by atoms with E-state index in [1.807, 2.05) is 6.07 Å². The first-order chi connectivity index (χ1) is 8.47. The molecule has 0 saturated heterocycles. The van der Waals surface area contributed by atoms with Crippen LogP contribution < -0.4 is 10.5 Å². The van der Waals surface area contributed by atoms with E-state index in [4.69, 9.17) is 33.7 Å². The lowest BCUT2D eigenvalue weighted by molar-refractivity contribution is 0.461. The molecule has 0 atom stereocenters. The van der Waals surface area contributed by atoms with Crippen molar-refractivity contribution in [1.29, 1.82) is 0 Å². The molecule has 2 N–H and O–H groups in total. The van der Waals surface area contributed by atoms with Gasteiger partial charge in [0.25, 0.3) is 0 Å². The molecule has 0 aliphatic rings. The molecule has 2 rings (SSSR count). The van der Waals surface area contributed by atoms with Gasteiger partial charge in [-0.15, -0.1) is 0 Å². The maximum absolute atomic E-state index is 5.91. The zero-order valence-corrected chi connectivity index (χ0v) is 13.4. The van der Waals surface area contributed by atoms with E-state index in [0.29, 0.717) is 31.8 Å². The van der Waals surface area contributed by atoms with E-state index in [9.17, 15) is 0 Å². The van der Waals surface area contributed by atoms with Crippen LogP contribution in [0.4, 0.5) is 5.69 Å². The number of hydrogen-bond acceptors (Lipinski definition) is 3. The number of halogens is 4. The second-order valence-corrected chi connectivity index (χ2v) is 5.93. The highest BCUT2D eigenvalue weighted by Gasteiger charge is 2.10. The van der Waals surface area contributed by atoms with Gasteiger partial charge in [-0.05, 0) is 44.0 Å². The summed E-state index contributed by atoms with van der Waals surface area (Å²) in [5.74, 6) is 0.795. The number of hydrogen-bond donors (Lipinski definition) is 1. The molecule has 3 nitrogen and oxygen atoms in total. The fourth-order valence-electron chi connectivity index (χ4n) is 1.21. The Morgan fingerprint density at radius 2 is 1.78 bits per heavy atom. The molecule has 0 aliphatic heterocycles. The van der Waals surface area contributed by atoms with E-state index in [1.165, 1.54) is 6.07 Å². The molecular formula is C11H6Br2Cl2N2O. The molecule has 1 aromatic carbocycles. The Labute approximate surface area is 131 Å². The number of rotatable bonds is 2. The standard InChI is InChI=1S/C11H6Br2Cl2N2O/c12-5-1-6(13)11(17-4-5)18-10-3-8(15)7(14)2-9(10)16/h1-4H,16H2. The van der Waals surface area contributed by atoms with Crippen molar-refractivity contribution in [2.45, 2.75) is 0 Å². The molecule has 2 aromatic rings. The van der Waals surface area contributed by atoms with E-state index >= 15 is 0 Å². The molecule has 94 valence electrons. The van der Waals surface area contributed by atoms with E-state index < -0.39 is 0 Å². The topological polar surface area (TPSA) is 48.1 Å². The average Bonchev–Trinajstić information content (AvgIpc) is 2.29. The summed E-state index contributed by atoms with van der Waals surface area (Å²) in [5, 5.41) is 0.749. The minimum Gasteiger partial charge on any atom is -0.436 e. The summed E-state index contributed by atoms with van der Waals surface area (Å²) >= 11 is 18.4. The van der Waals surface area contributed by atoms with E-state index in [-0.39, 0.29) is 0 Å². The van der Waals surface area contributed by atoms with E-state index in [1.54, 1.807) is 12.3 Å². The highest BCUT2D eigenvalue weighted by atomic mass is 79.9. The largest absolute Gasteiger partial charge is 0.436 e. The Morgan fingerprint density at radius 3 is 2.44 bits per heavy atom. The molecule has 0 amide bonds. The van der Waals surface area contributed by atoms with Crippen LogP contribution in [0.1, 0.15) is 0 Å². The first kappa shape index (κ1) is 13.9. The normalized spacial score (nSPS) is 10.4. The van der Waals surface area contributed by atoms with Crippen LogP contribution in [0.5, 0.6) is 11.6 Å². The van der Waals surface area contributed by atoms with Crippen molar-refractivity contribution < 1.29 is 4.74 Å². The maximum Gasteiger partial charge on any atom is 0.233 e. The Morgan fingerprint density at radius 1 is 1.11 bits per heavy atom. The molecule has 0 aliphatic carbocycles. The second-order valence-electron chi connectivity index (χ2n) is 3.35. The van der Waals surface area contributed by atoms with Gasteiger partial charge in [0.05, 0.1) is 20.2 Å². The molecule has 18 heavy (non-hydrogen) atoms. The quantitative estimate of drug-likeness (QED) is 0.682. The minimum atomic E-state index is 0.370. The number of nitrogens with zero attached hydrogens (tertiary/aromatic N) is 1. The number of aromatic nitrogens is 1. The lowest BCUT2D eigenvalue weighted by Gasteiger charge is -2.10. The van der Waals surface area contributed by atoms with Crippen LogP contribution in [0.2, 0.25) is 10.0 Å². The fraction of sp³-hybridized carbons (Fsp3) is 0. The van der Waals surface area contributed by atoms with Crippen LogP contribution in [0.25, 0.3) is 0 Å². The van der Waals surface area contributed by atoms with Crippen molar-refractivity contribution in [3.8, 4) is 11.6 Å². The third kappa shape index (κ3) is 3.09.